The molecule has 6 aliphatic rings. The Morgan fingerprint density at radius 3 is 2.69 bits per heavy atom. The Morgan fingerprint density at radius 2 is 1.97 bits per heavy atom. The van der Waals surface area contributed by atoms with Crippen LogP contribution in [0, 0.1) is 51.8 Å². The van der Waals surface area contributed by atoms with Gasteiger partial charge in [0.15, 0.2) is 0 Å². The molecule has 214 valence electrons. The molecule has 0 amide bonds. The van der Waals surface area contributed by atoms with Gasteiger partial charge in [0.2, 0.25) is 0 Å². The second-order valence-electron chi connectivity index (χ2n) is 15.1. The number of Topliss-reactive ketones (excluding diaryl/α,β-unsaturated/α-hetero) is 1. The van der Waals surface area contributed by atoms with Gasteiger partial charge in [-0.05, 0) is 116 Å². The summed E-state index contributed by atoms with van der Waals surface area (Å²) in [6.45, 7) is 9.48. The fourth-order valence-electron chi connectivity index (χ4n) is 12.7. The molecule has 6 aliphatic carbocycles. The molecule has 1 aromatic rings. The quantitative estimate of drug-likeness (QED) is 0.435. The molecule has 12 atom stereocenters. The Bertz CT molecular complexity index is 1180. The number of carbonyl (C=O) groups is 1. The van der Waals surface area contributed by atoms with Crippen molar-refractivity contribution < 1.29 is 19.7 Å². The molecule has 5 nitrogen and oxygen atoms in total. The first-order valence-corrected chi connectivity index (χ1v) is 15.9. The number of fused-ring (bicyclic) bond motifs is 4. The standard InChI is InChI=1S/C34H49NO4/c1-6-22-8-7-20(13-26(22)35-18-19(2)36)11-21-12-24-10-9-23-16-33(24,15-21)32(4)29-25(23)17-31(32,3)34(38)28(39-5)14-27(37)30(29)34/h7-8,13,19,21,23-25,28-30,35-36,38H,6,9-12,14-18H2,1-5H3/t19-,21-,23+,24-,25+,28-,29-,30-,31-,32+,33-,34+/m0/s1. The molecule has 0 heterocycles. The third-order valence-corrected chi connectivity index (χ3v) is 14.0. The number of ether oxygens (including phenoxy) is 1. The van der Waals surface area contributed by atoms with Gasteiger partial charge in [-0.25, -0.2) is 0 Å². The number of ketones is 1. The van der Waals surface area contributed by atoms with E-state index in [4.69, 9.17) is 4.74 Å². The molecule has 0 saturated heterocycles. The first-order valence-electron chi connectivity index (χ1n) is 15.9. The largest absolute Gasteiger partial charge is 0.392 e. The molecular formula is C34H49NO4. The van der Waals surface area contributed by atoms with Gasteiger partial charge >= 0.3 is 0 Å². The number of aliphatic hydroxyl groups is 2. The predicted octanol–water partition coefficient (Wildman–Crippen LogP) is 5.41. The first kappa shape index (κ1) is 26.5. The molecule has 5 heteroatoms. The van der Waals surface area contributed by atoms with Gasteiger partial charge in [0.25, 0.3) is 0 Å². The summed E-state index contributed by atoms with van der Waals surface area (Å²) >= 11 is 0. The molecule has 1 aromatic carbocycles. The second-order valence-corrected chi connectivity index (χ2v) is 15.1. The van der Waals surface area contributed by atoms with Gasteiger partial charge in [-0.1, -0.05) is 32.9 Å². The molecule has 6 saturated carbocycles. The molecule has 3 N–H and O–H groups in total. The van der Waals surface area contributed by atoms with E-state index in [2.05, 4.69) is 44.3 Å². The number of methoxy groups -OCH3 is 1. The lowest BCUT2D eigenvalue weighted by atomic mass is 9.42. The Morgan fingerprint density at radius 1 is 1.18 bits per heavy atom. The molecule has 39 heavy (non-hydrogen) atoms. The van der Waals surface area contributed by atoms with E-state index in [-0.39, 0.29) is 40.2 Å². The Balaban J connectivity index is 1.23. The van der Waals surface area contributed by atoms with Crippen LogP contribution in [0.3, 0.4) is 0 Å². The summed E-state index contributed by atoms with van der Waals surface area (Å²) in [5.74, 6) is 2.94. The maximum atomic E-state index is 13.6. The van der Waals surface area contributed by atoms with Gasteiger partial charge in [-0.2, -0.15) is 0 Å². The van der Waals surface area contributed by atoms with Crippen LogP contribution in [0.4, 0.5) is 5.69 Å². The van der Waals surface area contributed by atoms with Crippen LogP contribution < -0.4 is 5.32 Å². The number of anilines is 1. The fourth-order valence-corrected chi connectivity index (χ4v) is 12.7. The topological polar surface area (TPSA) is 78.8 Å². The molecule has 0 radical (unpaired) electrons. The van der Waals surface area contributed by atoms with Gasteiger partial charge in [-0.3, -0.25) is 4.79 Å². The van der Waals surface area contributed by atoms with Crippen LogP contribution in [-0.4, -0.2) is 47.5 Å². The summed E-state index contributed by atoms with van der Waals surface area (Å²) in [4.78, 5) is 13.6. The maximum absolute atomic E-state index is 13.6. The SMILES string of the molecule is CCc1ccc(C[C@H]2C[C@@H]3CC[C@@H]4C[C@]3(C2)[C@]2(C)[C@H]3[C@@H]4C[C@]2(C)[C@@]2(O)[C@@H](OC)CC(=O)[C@@H]32)cc1NC[C@H](C)O. The van der Waals surface area contributed by atoms with E-state index in [1.165, 1.54) is 43.2 Å². The average molecular weight is 536 g/mol. The molecule has 7 rings (SSSR count). The maximum Gasteiger partial charge on any atom is 0.141 e. The van der Waals surface area contributed by atoms with Crippen molar-refractivity contribution in [2.75, 3.05) is 19.0 Å². The fraction of sp³-hybridized carbons (Fsp3) is 0.794. The minimum atomic E-state index is -1.02. The smallest absolute Gasteiger partial charge is 0.141 e. The summed E-state index contributed by atoms with van der Waals surface area (Å²) in [6, 6.07) is 6.93. The Kier molecular flexibility index (Phi) is 5.80. The highest BCUT2D eigenvalue weighted by Gasteiger charge is 2.89. The van der Waals surface area contributed by atoms with Crippen molar-refractivity contribution in [3.05, 3.63) is 29.3 Å². The van der Waals surface area contributed by atoms with Gasteiger partial charge in [0.05, 0.1) is 18.1 Å². The number of carbonyl (C=O) groups excluding carboxylic acids is 1. The zero-order valence-corrected chi connectivity index (χ0v) is 24.6. The number of hydrogen-bond acceptors (Lipinski definition) is 5. The van der Waals surface area contributed by atoms with E-state index >= 15 is 0 Å². The van der Waals surface area contributed by atoms with E-state index in [1.807, 2.05) is 6.92 Å². The van der Waals surface area contributed by atoms with Crippen molar-refractivity contribution in [1.29, 1.82) is 0 Å². The molecule has 0 unspecified atom stereocenters. The highest BCUT2D eigenvalue weighted by atomic mass is 16.5. The monoisotopic (exact) mass is 535 g/mol. The summed E-state index contributed by atoms with van der Waals surface area (Å²) < 4.78 is 5.90. The van der Waals surface area contributed by atoms with Crippen molar-refractivity contribution in [3.63, 3.8) is 0 Å². The number of aryl methyl sites for hydroxylation is 1. The Hall–Kier alpha value is -1.43. The highest BCUT2D eigenvalue weighted by molar-refractivity contribution is 5.88. The van der Waals surface area contributed by atoms with Crippen LogP contribution in [0.25, 0.3) is 0 Å². The lowest BCUT2D eigenvalue weighted by Gasteiger charge is -2.62. The van der Waals surface area contributed by atoms with Crippen LogP contribution in [0.1, 0.15) is 83.8 Å². The number of benzene rings is 1. The van der Waals surface area contributed by atoms with Crippen LogP contribution in [-0.2, 0) is 22.4 Å². The zero-order chi connectivity index (χ0) is 27.5. The third kappa shape index (κ3) is 3.06. The van der Waals surface area contributed by atoms with Crippen molar-refractivity contribution in [1.82, 2.24) is 0 Å². The predicted molar refractivity (Wildman–Crippen MR) is 152 cm³/mol. The van der Waals surface area contributed by atoms with Crippen molar-refractivity contribution >= 4 is 11.5 Å². The molecule has 0 aromatic heterocycles. The summed E-state index contributed by atoms with van der Waals surface area (Å²) in [5.41, 5.74) is 2.74. The van der Waals surface area contributed by atoms with E-state index in [0.717, 1.165) is 24.9 Å². The van der Waals surface area contributed by atoms with Crippen LogP contribution >= 0.6 is 0 Å². The van der Waals surface area contributed by atoms with Crippen LogP contribution in [0.15, 0.2) is 18.2 Å². The molecular weight excluding hydrogens is 486 g/mol. The molecule has 0 aliphatic heterocycles. The van der Waals surface area contributed by atoms with Gasteiger partial charge in [-0.15, -0.1) is 0 Å². The van der Waals surface area contributed by atoms with Crippen molar-refractivity contribution in [3.8, 4) is 0 Å². The van der Waals surface area contributed by atoms with Crippen molar-refractivity contribution in [2.45, 2.75) is 103 Å². The molecule has 6 bridgehead atoms. The number of hydrogen-bond donors (Lipinski definition) is 3. The molecule has 6 fully saturated rings. The van der Waals surface area contributed by atoms with E-state index in [1.54, 1.807) is 7.11 Å². The summed E-state index contributed by atoms with van der Waals surface area (Å²) in [5, 5.41) is 25.9. The second kappa shape index (κ2) is 8.55. The summed E-state index contributed by atoms with van der Waals surface area (Å²) in [6.07, 6.45) is 9.19. The van der Waals surface area contributed by atoms with Gasteiger partial charge in [0, 0.05) is 31.2 Å². The van der Waals surface area contributed by atoms with Gasteiger partial charge < -0.3 is 20.3 Å². The minimum Gasteiger partial charge on any atom is -0.392 e. The Labute approximate surface area is 234 Å². The van der Waals surface area contributed by atoms with Gasteiger partial charge in [0.1, 0.15) is 11.4 Å². The number of aliphatic hydroxyl groups excluding tert-OH is 1. The van der Waals surface area contributed by atoms with E-state index < -0.39 is 5.60 Å². The van der Waals surface area contributed by atoms with Crippen LogP contribution in [0.5, 0.6) is 0 Å². The normalized spacial score (nSPS) is 49.7. The van der Waals surface area contributed by atoms with Crippen LogP contribution in [0.2, 0.25) is 0 Å². The summed E-state index contributed by atoms with van der Waals surface area (Å²) in [7, 11) is 1.70. The minimum absolute atomic E-state index is 0.0245. The van der Waals surface area contributed by atoms with Crippen molar-refractivity contribution in [2.24, 2.45) is 51.8 Å². The third-order valence-electron chi connectivity index (χ3n) is 14.0. The lowest BCUT2D eigenvalue weighted by molar-refractivity contribution is -0.192. The first-order chi connectivity index (χ1) is 18.5. The number of nitrogens with one attached hydrogen (secondary N) is 1. The lowest BCUT2D eigenvalue weighted by Crippen LogP contribution is -2.60. The highest BCUT2D eigenvalue weighted by Crippen LogP contribution is 2.88. The average Bonchev–Trinajstić information content (AvgIpc) is 3.51. The molecule has 1 spiro atoms. The zero-order valence-electron chi connectivity index (χ0n) is 24.6. The number of rotatable bonds is 7. The van der Waals surface area contributed by atoms with E-state index in [0.29, 0.717) is 42.6 Å². The van der Waals surface area contributed by atoms with E-state index in [9.17, 15) is 15.0 Å².